The predicted octanol–water partition coefficient (Wildman–Crippen LogP) is 1.30. The number of carboxylic acids is 1. The number of hydrogen-bond donors (Lipinski definition) is 2. The van der Waals surface area contributed by atoms with Crippen LogP contribution in [0.3, 0.4) is 0 Å². The third kappa shape index (κ3) is 5.82. The number of halogens is 1. The topological polar surface area (TPSA) is 92.7 Å². The summed E-state index contributed by atoms with van der Waals surface area (Å²) in [4.78, 5) is 22.8. The minimum Gasteiger partial charge on any atom is -0.478 e. The van der Waals surface area contributed by atoms with E-state index in [0.717, 1.165) is 0 Å². The number of carbonyl (C=O) groups excluding carboxylic acids is 1. The zero-order valence-corrected chi connectivity index (χ0v) is 13.0. The smallest absolute Gasteiger partial charge is 0.337 e. The van der Waals surface area contributed by atoms with Crippen molar-refractivity contribution in [2.75, 3.05) is 26.0 Å². The molecule has 1 rings (SSSR count). The molecule has 0 saturated heterocycles. The molecule has 0 spiro atoms. The second-order valence-electron chi connectivity index (χ2n) is 4.13. The van der Waals surface area contributed by atoms with E-state index in [1.807, 2.05) is 0 Å². The Morgan fingerprint density at radius 2 is 2.14 bits per heavy atom. The van der Waals surface area contributed by atoms with Crippen LogP contribution in [0.1, 0.15) is 16.8 Å². The Morgan fingerprint density at radius 3 is 2.76 bits per heavy atom. The van der Waals surface area contributed by atoms with E-state index < -0.39 is 16.8 Å². The van der Waals surface area contributed by atoms with Crippen LogP contribution >= 0.6 is 11.6 Å². The van der Waals surface area contributed by atoms with E-state index >= 15 is 0 Å². The van der Waals surface area contributed by atoms with Gasteiger partial charge in [-0.05, 0) is 24.6 Å². The Hall–Kier alpha value is -1.44. The van der Waals surface area contributed by atoms with Crippen molar-refractivity contribution in [2.24, 2.45) is 0 Å². The first-order valence-corrected chi connectivity index (χ1v) is 7.82. The molecule has 21 heavy (non-hydrogen) atoms. The van der Waals surface area contributed by atoms with Crippen LogP contribution in [-0.4, -0.2) is 47.2 Å². The SMILES string of the molecule is COCCCNC(=O)CS(=O)c1ccc(Cl)c(C(=O)O)c1. The Bertz CT molecular complexity index is 549. The molecule has 0 radical (unpaired) electrons. The largest absolute Gasteiger partial charge is 0.478 e. The van der Waals surface area contributed by atoms with E-state index in [1.165, 1.54) is 18.2 Å². The molecule has 0 fully saturated rings. The molecule has 6 nitrogen and oxygen atoms in total. The maximum atomic E-state index is 12.0. The number of nitrogens with one attached hydrogen (secondary N) is 1. The summed E-state index contributed by atoms with van der Waals surface area (Å²) in [6.45, 7) is 0.966. The Kier molecular flexibility index (Phi) is 7.35. The van der Waals surface area contributed by atoms with Crippen LogP contribution in [0, 0.1) is 0 Å². The average Bonchev–Trinajstić information content (AvgIpc) is 2.43. The van der Waals surface area contributed by atoms with Crippen molar-refractivity contribution in [3.05, 3.63) is 28.8 Å². The standard InChI is InChI=1S/C13H16ClNO5S/c1-20-6-2-5-15-12(16)8-21(19)9-3-4-11(14)10(7-9)13(17)18/h3-4,7H,2,5-6,8H2,1H3,(H,15,16)(H,17,18). The van der Waals surface area contributed by atoms with Crippen molar-refractivity contribution in [3.63, 3.8) is 0 Å². The van der Waals surface area contributed by atoms with E-state index in [-0.39, 0.29) is 27.1 Å². The molecule has 0 bridgehead atoms. The number of amides is 1. The van der Waals surface area contributed by atoms with Crippen molar-refractivity contribution < 1.29 is 23.6 Å². The van der Waals surface area contributed by atoms with Gasteiger partial charge in [0.15, 0.2) is 0 Å². The molecule has 0 saturated carbocycles. The lowest BCUT2D eigenvalue weighted by atomic mass is 10.2. The summed E-state index contributed by atoms with van der Waals surface area (Å²) in [5.41, 5.74) is -0.136. The summed E-state index contributed by atoms with van der Waals surface area (Å²) in [5, 5.41) is 11.6. The predicted molar refractivity (Wildman–Crippen MR) is 79.2 cm³/mol. The van der Waals surface area contributed by atoms with Crippen LogP contribution in [-0.2, 0) is 20.3 Å². The third-order valence-corrected chi connectivity index (χ3v) is 4.17. The first-order chi connectivity index (χ1) is 9.95. The number of rotatable bonds is 8. The molecule has 0 heterocycles. The van der Waals surface area contributed by atoms with Gasteiger partial charge in [-0.2, -0.15) is 0 Å². The molecule has 1 unspecified atom stereocenters. The molecule has 2 N–H and O–H groups in total. The fraction of sp³-hybridized carbons (Fsp3) is 0.385. The van der Waals surface area contributed by atoms with Gasteiger partial charge in [-0.25, -0.2) is 4.79 Å². The molecule has 0 aliphatic carbocycles. The first-order valence-electron chi connectivity index (χ1n) is 6.12. The van der Waals surface area contributed by atoms with Gasteiger partial charge in [0.25, 0.3) is 0 Å². The molecular formula is C13H16ClNO5S. The van der Waals surface area contributed by atoms with Gasteiger partial charge in [-0.15, -0.1) is 0 Å². The monoisotopic (exact) mass is 333 g/mol. The highest BCUT2D eigenvalue weighted by atomic mass is 35.5. The van der Waals surface area contributed by atoms with Crippen molar-refractivity contribution in [3.8, 4) is 0 Å². The highest BCUT2D eigenvalue weighted by Crippen LogP contribution is 2.19. The van der Waals surface area contributed by atoms with E-state index in [1.54, 1.807) is 7.11 Å². The van der Waals surface area contributed by atoms with Gasteiger partial charge in [0.05, 0.1) is 21.4 Å². The zero-order chi connectivity index (χ0) is 15.8. The first kappa shape index (κ1) is 17.6. The summed E-state index contributed by atoms with van der Waals surface area (Å²) in [6.07, 6.45) is 0.666. The zero-order valence-electron chi connectivity index (χ0n) is 11.4. The molecule has 0 aromatic heterocycles. The summed E-state index contributed by atoms with van der Waals surface area (Å²) in [7, 11) is -0.0541. The molecule has 0 aliphatic rings. The molecule has 1 amide bonds. The fourth-order valence-corrected chi connectivity index (χ4v) is 2.68. The number of ether oxygens (including phenoxy) is 1. The van der Waals surface area contributed by atoms with E-state index in [0.29, 0.717) is 19.6 Å². The van der Waals surface area contributed by atoms with Crippen LogP contribution in [0.4, 0.5) is 0 Å². The van der Waals surface area contributed by atoms with Crippen LogP contribution < -0.4 is 5.32 Å². The third-order valence-electron chi connectivity index (χ3n) is 2.54. The van der Waals surface area contributed by atoms with Crippen molar-refractivity contribution in [1.29, 1.82) is 0 Å². The Labute approximate surface area is 129 Å². The minimum absolute atomic E-state index is 0.0623. The highest BCUT2D eigenvalue weighted by Gasteiger charge is 2.14. The van der Waals surface area contributed by atoms with Gasteiger partial charge in [0.2, 0.25) is 5.91 Å². The molecule has 116 valence electrons. The number of hydrogen-bond acceptors (Lipinski definition) is 4. The van der Waals surface area contributed by atoms with E-state index in [9.17, 15) is 13.8 Å². The molecular weight excluding hydrogens is 318 g/mol. The lowest BCUT2D eigenvalue weighted by Crippen LogP contribution is -2.29. The maximum Gasteiger partial charge on any atom is 0.337 e. The fourth-order valence-electron chi connectivity index (χ4n) is 1.51. The summed E-state index contributed by atoms with van der Waals surface area (Å²) >= 11 is 5.73. The van der Waals surface area contributed by atoms with Crippen LogP contribution in [0.25, 0.3) is 0 Å². The van der Waals surface area contributed by atoms with Crippen molar-refractivity contribution in [2.45, 2.75) is 11.3 Å². The average molecular weight is 334 g/mol. The van der Waals surface area contributed by atoms with Crippen LogP contribution in [0.15, 0.2) is 23.1 Å². The van der Waals surface area contributed by atoms with Crippen molar-refractivity contribution in [1.82, 2.24) is 5.32 Å². The summed E-state index contributed by atoms with van der Waals surface area (Å²) in [6, 6.07) is 4.02. The van der Waals surface area contributed by atoms with Gasteiger partial charge in [-0.1, -0.05) is 11.6 Å². The number of methoxy groups -OCH3 is 1. The number of aromatic carboxylic acids is 1. The molecule has 1 aromatic rings. The summed E-state index contributed by atoms with van der Waals surface area (Å²) < 4.78 is 16.9. The molecule has 1 atom stereocenters. The minimum atomic E-state index is -1.62. The normalized spacial score (nSPS) is 11.9. The van der Waals surface area contributed by atoms with Gasteiger partial charge >= 0.3 is 5.97 Å². The number of benzene rings is 1. The quantitative estimate of drug-likeness (QED) is 0.699. The molecule has 1 aromatic carbocycles. The van der Waals surface area contributed by atoms with Crippen molar-refractivity contribution >= 4 is 34.3 Å². The van der Waals surface area contributed by atoms with E-state index in [4.69, 9.17) is 21.4 Å². The van der Waals surface area contributed by atoms with Crippen LogP contribution in [0.5, 0.6) is 0 Å². The second kappa shape index (κ2) is 8.76. The van der Waals surface area contributed by atoms with Gasteiger partial charge < -0.3 is 15.2 Å². The van der Waals surface area contributed by atoms with Gasteiger partial charge in [0.1, 0.15) is 5.75 Å². The van der Waals surface area contributed by atoms with Gasteiger partial charge in [0, 0.05) is 25.2 Å². The molecule has 8 heteroatoms. The number of carbonyl (C=O) groups is 2. The summed E-state index contributed by atoms with van der Waals surface area (Å²) in [5.74, 6) is -1.80. The number of carboxylic acid groups (broad SMARTS) is 1. The Morgan fingerprint density at radius 1 is 1.43 bits per heavy atom. The van der Waals surface area contributed by atoms with Crippen LogP contribution in [0.2, 0.25) is 5.02 Å². The Balaban J connectivity index is 2.61. The lowest BCUT2D eigenvalue weighted by molar-refractivity contribution is -0.118. The molecule has 0 aliphatic heterocycles. The van der Waals surface area contributed by atoms with E-state index in [2.05, 4.69) is 5.32 Å². The maximum absolute atomic E-state index is 12.0. The highest BCUT2D eigenvalue weighted by molar-refractivity contribution is 7.85. The second-order valence-corrected chi connectivity index (χ2v) is 5.99. The van der Waals surface area contributed by atoms with Gasteiger partial charge in [-0.3, -0.25) is 9.00 Å². The lowest BCUT2D eigenvalue weighted by Gasteiger charge is -2.06.